The Morgan fingerprint density at radius 1 is 1.50 bits per heavy atom. The van der Waals surface area contributed by atoms with E-state index in [0.29, 0.717) is 0 Å². The van der Waals surface area contributed by atoms with Gasteiger partial charge < -0.3 is 10.8 Å². The van der Waals surface area contributed by atoms with E-state index in [1.165, 1.54) is 0 Å². The van der Waals surface area contributed by atoms with Crippen molar-refractivity contribution in [2.75, 3.05) is 0 Å². The Morgan fingerprint density at radius 2 is 1.92 bits per heavy atom. The van der Waals surface area contributed by atoms with E-state index in [0.717, 1.165) is 0 Å². The summed E-state index contributed by atoms with van der Waals surface area (Å²) in [4.78, 5) is 10.2. The van der Waals surface area contributed by atoms with Gasteiger partial charge in [-0.1, -0.05) is 0 Å². The summed E-state index contributed by atoms with van der Waals surface area (Å²) in [5, 5.41) is 8.30. The van der Waals surface area contributed by atoms with Crippen LogP contribution in [0.15, 0.2) is 0 Å². The van der Waals surface area contributed by atoms with E-state index >= 15 is 0 Å². The van der Waals surface area contributed by atoms with Gasteiger partial charge in [-0.05, 0) is 12.8 Å². The first-order valence-electron chi connectivity index (χ1n) is 3.36. The minimum Gasteiger partial charge on any atom is -0.480 e. The average molecular weight is 183 g/mol. The zero-order valence-corrected chi connectivity index (χ0v) is 6.06. The maximum atomic E-state index is 12.2. The molecule has 1 unspecified atom stereocenters. The number of hydrogen-bond donors (Lipinski definition) is 2. The third-order valence-electron chi connectivity index (χ3n) is 2.21. The zero-order chi connectivity index (χ0) is 9.57. The van der Waals surface area contributed by atoms with E-state index in [-0.39, 0.29) is 12.8 Å². The second kappa shape index (κ2) is 2.35. The number of nitrogens with two attached hydrogens (primary N) is 1. The van der Waals surface area contributed by atoms with Crippen molar-refractivity contribution < 1.29 is 23.1 Å². The van der Waals surface area contributed by atoms with Gasteiger partial charge in [0.05, 0.1) is 5.41 Å². The van der Waals surface area contributed by atoms with Gasteiger partial charge in [0.25, 0.3) is 0 Å². The second-order valence-corrected chi connectivity index (χ2v) is 2.97. The minimum absolute atomic E-state index is 0.177. The minimum atomic E-state index is -4.50. The molecule has 6 heteroatoms. The molecular formula is C6H8F3NO2. The van der Waals surface area contributed by atoms with Crippen molar-refractivity contribution in [3.8, 4) is 0 Å². The number of carboxylic acid groups (broad SMARTS) is 1. The molecule has 0 saturated heterocycles. The predicted molar refractivity (Wildman–Crippen MR) is 33.3 cm³/mol. The van der Waals surface area contributed by atoms with Crippen molar-refractivity contribution in [2.24, 2.45) is 11.1 Å². The highest BCUT2D eigenvalue weighted by molar-refractivity contribution is 5.75. The molecule has 0 radical (unpaired) electrons. The van der Waals surface area contributed by atoms with Gasteiger partial charge in [0.1, 0.15) is 6.04 Å². The van der Waals surface area contributed by atoms with Gasteiger partial charge in [-0.3, -0.25) is 4.79 Å². The molecule has 0 aromatic carbocycles. The summed E-state index contributed by atoms with van der Waals surface area (Å²) in [6, 6.07) is -1.82. The van der Waals surface area contributed by atoms with Gasteiger partial charge in [0, 0.05) is 0 Å². The van der Waals surface area contributed by atoms with Crippen molar-refractivity contribution in [3.63, 3.8) is 0 Å². The number of hydrogen-bond acceptors (Lipinski definition) is 2. The Balaban J connectivity index is 2.80. The molecular weight excluding hydrogens is 175 g/mol. The zero-order valence-electron chi connectivity index (χ0n) is 6.06. The Bertz CT molecular complexity index is 209. The first-order valence-corrected chi connectivity index (χ1v) is 3.36. The molecule has 1 atom stereocenters. The van der Waals surface area contributed by atoms with Gasteiger partial charge >= 0.3 is 12.1 Å². The molecule has 1 aliphatic rings. The highest BCUT2D eigenvalue weighted by atomic mass is 19.4. The van der Waals surface area contributed by atoms with Crippen LogP contribution in [0.3, 0.4) is 0 Å². The standard InChI is InChI=1S/C6H8F3NO2/c7-6(8,9)5(1-2-5)3(10)4(11)12/h3H,1-2,10H2,(H,11,12). The van der Waals surface area contributed by atoms with E-state index in [1.807, 2.05) is 0 Å². The van der Waals surface area contributed by atoms with Gasteiger partial charge in [0.15, 0.2) is 0 Å². The van der Waals surface area contributed by atoms with E-state index in [9.17, 15) is 18.0 Å². The van der Waals surface area contributed by atoms with Crippen LogP contribution in [-0.4, -0.2) is 23.3 Å². The van der Waals surface area contributed by atoms with E-state index < -0.39 is 23.6 Å². The normalized spacial score (nSPS) is 23.3. The number of aliphatic carboxylic acids is 1. The molecule has 1 fully saturated rings. The van der Waals surface area contributed by atoms with Gasteiger partial charge in [-0.2, -0.15) is 13.2 Å². The van der Waals surface area contributed by atoms with Crippen molar-refractivity contribution in [2.45, 2.75) is 25.1 Å². The molecule has 0 bridgehead atoms. The van der Waals surface area contributed by atoms with Crippen LogP contribution < -0.4 is 5.73 Å². The third-order valence-corrected chi connectivity index (χ3v) is 2.21. The fraction of sp³-hybridized carbons (Fsp3) is 0.833. The summed E-state index contributed by atoms with van der Waals surface area (Å²) in [7, 11) is 0. The monoisotopic (exact) mass is 183 g/mol. The molecule has 3 nitrogen and oxygen atoms in total. The summed E-state index contributed by atoms with van der Waals surface area (Å²) in [5.41, 5.74) is 2.77. The smallest absolute Gasteiger partial charge is 0.396 e. The molecule has 0 heterocycles. The van der Waals surface area contributed by atoms with Gasteiger partial charge in [0.2, 0.25) is 0 Å². The lowest BCUT2D eigenvalue weighted by molar-refractivity contribution is -0.198. The first-order chi connectivity index (χ1) is 5.31. The summed E-state index contributed by atoms with van der Waals surface area (Å²) < 4.78 is 36.5. The van der Waals surface area contributed by atoms with Crippen molar-refractivity contribution >= 4 is 5.97 Å². The van der Waals surface area contributed by atoms with E-state index in [1.54, 1.807) is 0 Å². The van der Waals surface area contributed by atoms with Crippen LogP contribution in [0.4, 0.5) is 13.2 Å². The highest BCUT2D eigenvalue weighted by Gasteiger charge is 2.68. The summed E-state index contributed by atoms with van der Waals surface area (Å²) in [6.07, 6.45) is -4.85. The Morgan fingerprint density at radius 3 is 2.00 bits per heavy atom. The average Bonchev–Trinajstić information content (AvgIpc) is 2.62. The van der Waals surface area contributed by atoms with Crippen LogP contribution in [0.1, 0.15) is 12.8 Å². The summed E-state index contributed by atoms with van der Waals surface area (Å²) >= 11 is 0. The summed E-state index contributed by atoms with van der Waals surface area (Å²) in [6.45, 7) is 0. The Kier molecular flexibility index (Phi) is 1.82. The lowest BCUT2D eigenvalue weighted by atomic mass is 9.97. The molecule has 70 valence electrons. The fourth-order valence-corrected chi connectivity index (χ4v) is 1.14. The number of alkyl halides is 3. The summed E-state index contributed by atoms with van der Waals surface area (Å²) in [5.74, 6) is -1.59. The van der Waals surface area contributed by atoms with Gasteiger partial charge in [-0.15, -0.1) is 0 Å². The van der Waals surface area contributed by atoms with E-state index in [4.69, 9.17) is 10.8 Å². The Labute approximate surface area is 66.4 Å². The van der Waals surface area contributed by atoms with Crippen molar-refractivity contribution in [1.29, 1.82) is 0 Å². The predicted octanol–water partition coefficient (Wildman–Crippen LogP) is 0.741. The van der Waals surface area contributed by atoms with Crippen molar-refractivity contribution in [3.05, 3.63) is 0 Å². The van der Waals surface area contributed by atoms with E-state index in [2.05, 4.69) is 0 Å². The lowest BCUT2D eigenvalue weighted by Gasteiger charge is -2.22. The molecule has 1 rings (SSSR count). The second-order valence-electron chi connectivity index (χ2n) is 2.97. The molecule has 0 aromatic rings. The number of rotatable bonds is 2. The number of halogens is 3. The van der Waals surface area contributed by atoms with Crippen LogP contribution >= 0.6 is 0 Å². The molecule has 0 aliphatic heterocycles. The Hall–Kier alpha value is -0.780. The molecule has 0 aromatic heterocycles. The van der Waals surface area contributed by atoms with Crippen molar-refractivity contribution in [1.82, 2.24) is 0 Å². The maximum Gasteiger partial charge on any atom is 0.396 e. The SMILES string of the molecule is NC(C(=O)O)C1(C(F)(F)F)CC1. The van der Waals surface area contributed by atoms with Crippen LogP contribution in [-0.2, 0) is 4.79 Å². The number of carboxylic acids is 1. The molecule has 0 spiro atoms. The molecule has 1 aliphatic carbocycles. The maximum absolute atomic E-state index is 12.2. The molecule has 0 amide bonds. The molecule has 3 N–H and O–H groups in total. The van der Waals surface area contributed by atoms with Crippen LogP contribution in [0, 0.1) is 5.41 Å². The topological polar surface area (TPSA) is 63.3 Å². The van der Waals surface area contributed by atoms with Crippen LogP contribution in [0.2, 0.25) is 0 Å². The lowest BCUT2D eigenvalue weighted by Crippen LogP contribution is -2.47. The third kappa shape index (κ3) is 1.16. The largest absolute Gasteiger partial charge is 0.480 e. The first kappa shape index (κ1) is 9.31. The van der Waals surface area contributed by atoms with Gasteiger partial charge in [-0.25, -0.2) is 0 Å². The quantitative estimate of drug-likeness (QED) is 0.663. The highest BCUT2D eigenvalue weighted by Crippen LogP contribution is 2.59. The van der Waals surface area contributed by atoms with Crippen LogP contribution in [0.5, 0.6) is 0 Å². The fourth-order valence-electron chi connectivity index (χ4n) is 1.14. The van der Waals surface area contributed by atoms with Crippen LogP contribution in [0.25, 0.3) is 0 Å². The molecule has 1 saturated carbocycles. The molecule has 12 heavy (non-hydrogen) atoms. The number of carbonyl (C=O) groups is 1.